The maximum absolute atomic E-state index is 13.6. The molecule has 0 aliphatic carbocycles. The average molecular weight is 532 g/mol. The second kappa shape index (κ2) is 11.4. The first-order valence-electron chi connectivity index (χ1n) is 12.2. The molecule has 1 amide bonds. The Kier molecular flexibility index (Phi) is 10.7. The van der Waals surface area contributed by atoms with Gasteiger partial charge in [-0.1, -0.05) is 84.6 Å². The molecular formula is C25H49NO3S2Si2. The van der Waals surface area contributed by atoms with Gasteiger partial charge in [-0.15, -0.1) is 0 Å². The molecule has 1 saturated heterocycles. The summed E-state index contributed by atoms with van der Waals surface area (Å²) in [5.74, 6) is 1.32. The minimum absolute atomic E-state index is 0.0755. The highest BCUT2D eigenvalue weighted by Crippen LogP contribution is 2.43. The lowest BCUT2D eigenvalue weighted by Crippen LogP contribution is -2.54. The lowest BCUT2D eigenvalue weighted by molar-refractivity contribution is -0.133. The summed E-state index contributed by atoms with van der Waals surface area (Å²) in [5, 5.41) is 0.0946. The third-order valence-corrected chi connectivity index (χ3v) is 13.9. The number of rotatable bonds is 10. The number of allylic oxidation sites excluding steroid dienone is 1. The van der Waals surface area contributed by atoms with E-state index in [-0.39, 0.29) is 34.6 Å². The second-order valence-corrected chi connectivity index (χ2v) is 23.6. The molecule has 0 saturated carbocycles. The van der Waals surface area contributed by atoms with Crippen LogP contribution in [0.1, 0.15) is 61.8 Å². The van der Waals surface area contributed by atoms with E-state index in [0.29, 0.717) is 16.7 Å². The predicted molar refractivity (Wildman–Crippen MR) is 154 cm³/mol. The van der Waals surface area contributed by atoms with Gasteiger partial charge in [-0.05, 0) is 50.6 Å². The van der Waals surface area contributed by atoms with Gasteiger partial charge in [0.15, 0.2) is 16.6 Å². The Morgan fingerprint density at radius 1 is 1.15 bits per heavy atom. The van der Waals surface area contributed by atoms with Crippen LogP contribution in [0.15, 0.2) is 12.2 Å². The summed E-state index contributed by atoms with van der Waals surface area (Å²) < 4.78 is 14.4. The Labute approximate surface area is 215 Å². The van der Waals surface area contributed by atoms with Gasteiger partial charge in [0.05, 0.1) is 18.6 Å². The molecule has 0 spiro atoms. The van der Waals surface area contributed by atoms with E-state index >= 15 is 0 Å². The van der Waals surface area contributed by atoms with Crippen molar-refractivity contribution < 1.29 is 13.6 Å². The third-order valence-electron chi connectivity index (χ3n) is 6.96. The molecular weight excluding hydrogens is 483 g/mol. The monoisotopic (exact) mass is 531 g/mol. The van der Waals surface area contributed by atoms with Crippen LogP contribution in [0.25, 0.3) is 0 Å². The van der Waals surface area contributed by atoms with Crippen molar-refractivity contribution in [3.63, 3.8) is 0 Å². The van der Waals surface area contributed by atoms with E-state index in [1.807, 2.05) is 11.8 Å². The van der Waals surface area contributed by atoms with Crippen LogP contribution in [0.5, 0.6) is 0 Å². The summed E-state index contributed by atoms with van der Waals surface area (Å²) in [4.78, 5) is 15.5. The van der Waals surface area contributed by atoms with Crippen molar-refractivity contribution in [1.82, 2.24) is 4.90 Å². The molecule has 3 atom stereocenters. The Bertz CT molecular complexity index is 724. The van der Waals surface area contributed by atoms with E-state index in [4.69, 9.17) is 21.1 Å². The normalized spacial score (nSPS) is 20.7. The number of thioether (sulfide) groups is 1. The van der Waals surface area contributed by atoms with Crippen LogP contribution in [-0.4, -0.2) is 55.8 Å². The van der Waals surface area contributed by atoms with Gasteiger partial charge in [-0.2, -0.15) is 0 Å². The minimum atomic E-state index is -2.04. The molecule has 4 nitrogen and oxygen atoms in total. The molecule has 0 aromatic heterocycles. The molecule has 0 bridgehead atoms. The third kappa shape index (κ3) is 8.28. The molecule has 1 heterocycles. The van der Waals surface area contributed by atoms with E-state index in [0.717, 1.165) is 5.75 Å². The lowest BCUT2D eigenvalue weighted by atomic mass is 9.79. The molecule has 1 fully saturated rings. The summed E-state index contributed by atoms with van der Waals surface area (Å²) in [6, 6.07) is 0.153. The van der Waals surface area contributed by atoms with Crippen molar-refractivity contribution in [3.05, 3.63) is 12.2 Å². The first kappa shape index (κ1) is 31.0. The number of amides is 1. The summed E-state index contributed by atoms with van der Waals surface area (Å²) >= 11 is 7.20. The van der Waals surface area contributed by atoms with Crippen molar-refractivity contribution in [2.24, 2.45) is 11.3 Å². The van der Waals surface area contributed by atoms with Gasteiger partial charge in [0.1, 0.15) is 4.32 Å². The summed E-state index contributed by atoms with van der Waals surface area (Å²) in [6.07, 6.45) is 4.13. The van der Waals surface area contributed by atoms with Gasteiger partial charge in [-0.25, -0.2) is 0 Å². The number of nitrogens with zero attached hydrogens (tertiary/aromatic N) is 1. The molecule has 0 aromatic rings. The van der Waals surface area contributed by atoms with E-state index in [1.165, 1.54) is 0 Å². The Morgan fingerprint density at radius 3 is 2.12 bits per heavy atom. The van der Waals surface area contributed by atoms with Crippen LogP contribution in [0.3, 0.4) is 0 Å². The van der Waals surface area contributed by atoms with Crippen molar-refractivity contribution in [1.29, 1.82) is 0 Å². The van der Waals surface area contributed by atoms with Crippen LogP contribution >= 0.6 is 24.0 Å². The fraction of sp³-hybridized carbons (Fsp3) is 0.840. The SMILES string of the molecule is C/C=C/C(O[Si](C)(C)C(C)(C)C)C(C)(C)C(CC(=O)N1C(=S)SC[C@H]1C(C)C)O[Si](C)(C)C. The molecule has 8 heteroatoms. The zero-order valence-electron chi connectivity index (χ0n) is 23.4. The van der Waals surface area contributed by atoms with E-state index in [2.05, 4.69) is 93.4 Å². The zero-order valence-corrected chi connectivity index (χ0v) is 27.0. The standard InChI is InChI=1S/C25H49NO3S2Si2/c1-14-15-20(29-33(12,13)24(4,5)6)25(7,8)21(28-32(9,10)11)16-22(27)26-19(18(2)3)17-31-23(26)30/h14-15,18-21H,16-17H2,1-13H3/b15-14+/t19-,20?,21?/m0/s1. The fourth-order valence-corrected chi connectivity index (χ4v) is 7.92. The zero-order chi connectivity index (χ0) is 26.0. The van der Waals surface area contributed by atoms with Gasteiger partial charge >= 0.3 is 0 Å². The number of hydrogen-bond acceptors (Lipinski definition) is 5. The van der Waals surface area contributed by atoms with Crippen LogP contribution in [0.4, 0.5) is 0 Å². The molecule has 192 valence electrons. The van der Waals surface area contributed by atoms with Crippen LogP contribution in [0, 0.1) is 11.3 Å². The summed E-state index contributed by atoms with van der Waals surface area (Å²) in [7, 11) is -3.97. The smallest absolute Gasteiger partial charge is 0.230 e. The molecule has 1 aliphatic heterocycles. The maximum atomic E-state index is 13.6. The number of carbonyl (C=O) groups is 1. The van der Waals surface area contributed by atoms with Crippen LogP contribution < -0.4 is 0 Å². The number of hydrogen-bond donors (Lipinski definition) is 0. The van der Waals surface area contributed by atoms with Crippen LogP contribution in [-0.2, 0) is 13.6 Å². The van der Waals surface area contributed by atoms with Crippen LogP contribution in [0.2, 0.25) is 37.8 Å². The van der Waals surface area contributed by atoms with Gasteiger partial charge in [0.25, 0.3) is 0 Å². The van der Waals surface area contributed by atoms with Gasteiger partial charge in [0.2, 0.25) is 5.91 Å². The summed E-state index contributed by atoms with van der Waals surface area (Å²) in [6.45, 7) is 28.7. The Hall–Kier alpha value is 0.00377. The maximum Gasteiger partial charge on any atom is 0.230 e. The van der Waals surface area contributed by atoms with E-state index < -0.39 is 16.6 Å². The Morgan fingerprint density at radius 2 is 1.70 bits per heavy atom. The molecule has 2 unspecified atom stereocenters. The lowest BCUT2D eigenvalue weighted by Gasteiger charge is -2.47. The number of carbonyl (C=O) groups excluding carboxylic acids is 1. The largest absolute Gasteiger partial charge is 0.414 e. The van der Waals surface area contributed by atoms with Crippen molar-refractivity contribution in [2.45, 2.75) is 118 Å². The van der Waals surface area contributed by atoms with E-state index in [1.54, 1.807) is 11.8 Å². The van der Waals surface area contributed by atoms with E-state index in [9.17, 15) is 4.79 Å². The molecule has 1 rings (SSSR count). The molecule has 1 aliphatic rings. The molecule has 0 radical (unpaired) electrons. The van der Waals surface area contributed by atoms with Gasteiger partial charge in [-0.3, -0.25) is 9.69 Å². The highest BCUT2D eigenvalue weighted by Gasteiger charge is 2.47. The highest BCUT2D eigenvalue weighted by molar-refractivity contribution is 8.23. The summed E-state index contributed by atoms with van der Waals surface area (Å²) in [5.41, 5.74) is -0.389. The topological polar surface area (TPSA) is 38.8 Å². The first-order valence-corrected chi connectivity index (χ1v) is 19.9. The highest BCUT2D eigenvalue weighted by atomic mass is 32.2. The number of thiocarbonyl (C=S) groups is 1. The molecule has 33 heavy (non-hydrogen) atoms. The fourth-order valence-electron chi connectivity index (χ4n) is 3.65. The van der Waals surface area contributed by atoms with Crippen molar-refractivity contribution in [2.75, 3.05) is 5.75 Å². The quantitative estimate of drug-likeness (QED) is 0.166. The van der Waals surface area contributed by atoms with Gasteiger partial charge in [0, 0.05) is 17.2 Å². The van der Waals surface area contributed by atoms with Crippen molar-refractivity contribution >= 4 is 50.8 Å². The molecule has 0 N–H and O–H groups in total. The minimum Gasteiger partial charge on any atom is -0.414 e. The average Bonchev–Trinajstić information content (AvgIpc) is 3.00. The first-order chi connectivity index (χ1) is 14.7. The predicted octanol–water partition coefficient (Wildman–Crippen LogP) is 7.47. The second-order valence-electron chi connectivity index (χ2n) is 12.7. The van der Waals surface area contributed by atoms with Crippen molar-refractivity contribution in [3.8, 4) is 0 Å². The Balaban J connectivity index is 3.34. The molecule has 0 aromatic carbocycles. The van der Waals surface area contributed by atoms with Gasteiger partial charge < -0.3 is 8.85 Å².